The number of ether oxygens (including phenoxy) is 2. The third kappa shape index (κ3) is 4.38. The van der Waals surface area contributed by atoms with Crippen molar-refractivity contribution in [2.45, 2.75) is 13.0 Å². The van der Waals surface area contributed by atoms with Crippen LogP contribution in [-0.2, 0) is 16.6 Å². The number of nitrogens with zero attached hydrogens (tertiary/aromatic N) is 1. The van der Waals surface area contributed by atoms with Gasteiger partial charge in [-0.2, -0.15) is 0 Å². The number of carbonyl (C=O) groups is 1. The highest BCUT2D eigenvalue weighted by atomic mass is 16.5. The molecule has 0 saturated carbocycles. The molecule has 1 atom stereocenters. The molecular weight excluding hydrogens is 342 g/mol. The molecule has 0 aliphatic heterocycles. The Morgan fingerprint density at radius 1 is 1.15 bits per heavy atom. The Morgan fingerprint density at radius 2 is 1.89 bits per heavy atom. The summed E-state index contributed by atoms with van der Waals surface area (Å²) >= 11 is 0. The molecule has 3 aromatic rings. The van der Waals surface area contributed by atoms with Crippen LogP contribution in [0.25, 0.3) is 22.2 Å². The summed E-state index contributed by atoms with van der Waals surface area (Å²) < 4.78 is 12.7. The van der Waals surface area contributed by atoms with Crippen molar-refractivity contribution < 1.29 is 19.4 Å². The van der Waals surface area contributed by atoms with Crippen molar-refractivity contribution in [3.63, 3.8) is 0 Å². The van der Waals surface area contributed by atoms with Crippen LogP contribution in [0.2, 0.25) is 0 Å². The summed E-state index contributed by atoms with van der Waals surface area (Å²) in [6, 6.07) is 18.1. The van der Waals surface area contributed by atoms with Crippen molar-refractivity contribution in [2.75, 3.05) is 13.2 Å². The van der Waals surface area contributed by atoms with E-state index in [0.29, 0.717) is 11.3 Å². The first-order valence-electron chi connectivity index (χ1n) is 8.74. The Labute approximate surface area is 158 Å². The minimum atomic E-state index is -0.905. The van der Waals surface area contributed by atoms with Gasteiger partial charge >= 0.3 is 5.97 Å². The maximum Gasteiger partial charge on any atom is 0.333 e. The summed E-state index contributed by atoms with van der Waals surface area (Å²) in [5.74, 6) is 0.126. The van der Waals surface area contributed by atoms with Gasteiger partial charge in [0.1, 0.15) is 25.1 Å². The monoisotopic (exact) mass is 365 g/mol. The molecule has 5 nitrogen and oxygen atoms in total. The number of aliphatic hydroxyl groups excluding tert-OH is 1. The SMILES string of the molecule is C=C(C)C(=O)OCC(O)COc1ccc2cc(-c3ccccc3)n(C)c2c1. The second kappa shape index (κ2) is 8.10. The van der Waals surface area contributed by atoms with Crippen LogP contribution in [0.4, 0.5) is 0 Å². The molecule has 1 unspecified atom stereocenters. The molecule has 140 valence electrons. The fourth-order valence-electron chi connectivity index (χ4n) is 2.82. The second-order valence-electron chi connectivity index (χ2n) is 6.52. The van der Waals surface area contributed by atoms with E-state index < -0.39 is 12.1 Å². The first-order valence-corrected chi connectivity index (χ1v) is 8.74. The molecule has 0 aliphatic rings. The predicted molar refractivity (Wildman–Crippen MR) is 106 cm³/mol. The molecule has 0 aliphatic carbocycles. The van der Waals surface area contributed by atoms with Crippen LogP contribution < -0.4 is 4.74 Å². The Kier molecular flexibility index (Phi) is 5.62. The fourth-order valence-corrected chi connectivity index (χ4v) is 2.82. The first-order chi connectivity index (χ1) is 13.0. The van der Waals surface area contributed by atoms with E-state index in [1.165, 1.54) is 0 Å². The van der Waals surface area contributed by atoms with Gasteiger partial charge in [-0.05, 0) is 30.7 Å². The van der Waals surface area contributed by atoms with Gasteiger partial charge in [0, 0.05) is 29.8 Å². The number of aromatic nitrogens is 1. The number of aryl methyl sites for hydroxylation is 1. The average Bonchev–Trinajstić information content (AvgIpc) is 3.01. The number of benzene rings is 2. The lowest BCUT2D eigenvalue weighted by atomic mass is 10.1. The predicted octanol–water partition coefficient (Wildman–Crippen LogP) is 3.70. The molecule has 0 bridgehead atoms. The lowest BCUT2D eigenvalue weighted by Crippen LogP contribution is -2.25. The van der Waals surface area contributed by atoms with Gasteiger partial charge in [0.05, 0.1) is 5.52 Å². The Bertz CT molecular complexity index is 959. The van der Waals surface area contributed by atoms with Crippen LogP contribution in [0.3, 0.4) is 0 Å². The third-order valence-electron chi connectivity index (χ3n) is 4.28. The molecule has 1 heterocycles. The summed E-state index contributed by atoms with van der Waals surface area (Å²) in [6.45, 7) is 4.96. The molecule has 1 aromatic heterocycles. The number of esters is 1. The highest BCUT2D eigenvalue weighted by Gasteiger charge is 2.12. The van der Waals surface area contributed by atoms with Crippen LogP contribution in [0.15, 0.2) is 66.7 Å². The maximum atomic E-state index is 11.3. The largest absolute Gasteiger partial charge is 0.491 e. The van der Waals surface area contributed by atoms with Crippen LogP contribution >= 0.6 is 0 Å². The Hall–Kier alpha value is -3.05. The standard InChI is InChI=1S/C22H23NO4/c1-15(2)22(25)27-14-18(24)13-26-19-10-9-17-11-20(23(3)21(17)12-19)16-7-5-4-6-8-16/h4-12,18,24H,1,13-14H2,2-3H3. The molecule has 1 N–H and O–H groups in total. The summed E-state index contributed by atoms with van der Waals surface area (Å²) in [7, 11) is 2.01. The molecule has 2 aromatic carbocycles. The van der Waals surface area contributed by atoms with Crippen LogP contribution in [-0.4, -0.2) is 35.0 Å². The second-order valence-corrected chi connectivity index (χ2v) is 6.52. The van der Waals surface area contributed by atoms with Gasteiger partial charge in [0.25, 0.3) is 0 Å². The number of hydrogen-bond acceptors (Lipinski definition) is 4. The van der Waals surface area contributed by atoms with Crippen molar-refractivity contribution in [3.05, 3.63) is 66.7 Å². The highest BCUT2D eigenvalue weighted by molar-refractivity contribution is 5.88. The molecule has 0 spiro atoms. The van der Waals surface area contributed by atoms with Crippen molar-refractivity contribution in [1.29, 1.82) is 0 Å². The lowest BCUT2D eigenvalue weighted by molar-refractivity contribution is -0.142. The van der Waals surface area contributed by atoms with Gasteiger partial charge in [-0.25, -0.2) is 4.79 Å². The molecule has 5 heteroatoms. The zero-order valence-electron chi connectivity index (χ0n) is 15.5. The van der Waals surface area contributed by atoms with Gasteiger partial charge in [-0.3, -0.25) is 0 Å². The summed E-state index contributed by atoms with van der Waals surface area (Å²) in [5.41, 5.74) is 3.60. The molecule has 27 heavy (non-hydrogen) atoms. The molecule has 0 fully saturated rings. The van der Waals surface area contributed by atoms with E-state index in [9.17, 15) is 9.90 Å². The molecule has 3 rings (SSSR count). The van der Waals surface area contributed by atoms with Gasteiger partial charge in [-0.15, -0.1) is 0 Å². The molecular formula is C22H23NO4. The van der Waals surface area contributed by atoms with Gasteiger partial charge < -0.3 is 19.1 Å². The van der Waals surface area contributed by atoms with Gasteiger partial charge in [-0.1, -0.05) is 36.9 Å². The summed E-state index contributed by atoms with van der Waals surface area (Å²) in [5, 5.41) is 11.0. The quantitative estimate of drug-likeness (QED) is 0.512. The first kappa shape index (κ1) is 18.7. The van der Waals surface area contributed by atoms with Gasteiger partial charge in [0.15, 0.2) is 0 Å². The van der Waals surface area contributed by atoms with Crippen LogP contribution in [0, 0.1) is 0 Å². The molecule has 0 amide bonds. The van der Waals surface area contributed by atoms with Crippen LogP contribution in [0.5, 0.6) is 5.75 Å². The Balaban J connectivity index is 1.69. The van der Waals surface area contributed by atoms with E-state index in [1.807, 2.05) is 43.4 Å². The van der Waals surface area contributed by atoms with Crippen molar-refractivity contribution in [2.24, 2.45) is 7.05 Å². The van der Waals surface area contributed by atoms with E-state index in [4.69, 9.17) is 9.47 Å². The Morgan fingerprint density at radius 3 is 2.59 bits per heavy atom. The maximum absolute atomic E-state index is 11.3. The summed E-state index contributed by atoms with van der Waals surface area (Å²) in [6.07, 6.45) is -0.905. The number of rotatable bonds is 7. The number of hydrogen-bond donors (Lipinski definition) is 1. The summed E-state index contributed by atoms with van der Waals surface area (Å²) in [4.78, 5) is 11.3. The minimum absolute atomic E-state index is 0.0327. The number of fused-ring (bicyclic) bond motifs is 1. The van der Waals surface area contributed by atoms with E-state index in [1.54, 1.807) is 6.92 Å². The van der Waals surface area contributed by atoms with Gasteiger partial charge in [0.2, 0.25) is 0 Å². The smallest absolute Gasteiger partial charge is 0.333 e. The fraction of sp³-hybridized carbons (Fsp3) is 0.227. The van der Waals surface area contributed by atoms with E-state index in [0.717, 1.165) is 22.2 Å². The van der Waals surface area contributed by atoms with Crippen molar-refractivity contribution in [3.8, 4) is 17.0 Å². The normalized spacial score (nSPS) is 12.0. The van der Waals surface area contributed by atoms with E-state index in [2.05, 4.69) is 29.3 Å². The highest BCUT2D eigenvalue weighted by Crippen LogP contribution is 2.29. The van der Waals surface area contributed by atoms with Crippen molar-refractivity contribution in [1.82, 2.24) is 4.57 Å². The zero-order chi connectivity index (χ0) is 19.4. The lowest BCUT2D eigenvalue weighted by Gasteiger charge is -2.13. The third-order valence-corrected chi connectivity index (χ3v) is 4.28. The number of carbonyl (C=O) groups excluding carboxylic acids is 1. The molecule has 0 saturated heterocycles. The average molecular weight is 365 g/mol. The molecule has 0 radical (unpaired) electrons. The van der Waals surface area contributed by atoms with Crippen LogP contribution in [0.1, 0.15) is 6.92 Å². The van der Waals surface area contributed by atoms with Crippen molar-refractivity contribution >= 4 is 16.9 Å². The zero-order valence-corrected chi connectivity index (χ0v) is 15.5. The van der Waals surface area contributed by atoms with E-state index >= 15 is 0 Å². The number of aliphatic hydroxyl groups is 1. The topological polar surface area (TPSA) is 60.7 Å². The van der Waals surface area contributed by atoms with E-state index in [-0.39, 0.29) is 13.2 Å². The minimum Gasteiger partial charge on any atom is -0.491 e.